The number of likely N-dealkylation sites (tertiary alicyclic amines) is 1. The SMILES string of the molecule is CCCNC(=O)C1CCN(C(=O)c2cc(Br)c(OCC)c(OC)c2)CC1. The maximum Gasteiger partial charge on any atom is 0.254 e. The Kier molecular flexibility index (Phi) is 7.75. The third-order valence-corrected chi connectivity index (χ3v) is 5.06. The molecule has 1 aromatic rings. The van der Waals surface area contributed by atoms with Crippen LogP contribution >= 0.6 is 15.9 Å². The van der Waals surface area contributed by atoms with E-state index in [4.69, 9.17) is 9.47 Å². The number of carbonyl (C=O) groups is 2. The molecule has 1 aromatic carbocycles. The van der Waals surface area contributed by atoms with Gasteiger partial charge in [0.15, 0.2) is 11.5 Å². The van der Waals surface area contributed by atoms with Crippen LogP contribution < -0.4 is 14.8 Å². The lowest BCUT2D eigenvalue weighted by atomic mass is 9.95. The molecule has 0 bridgehead atoms. The van der Waals surface area contributed by atoms with Gasteiger partial charge >= 0.3 is 0 Å². The van der Waals surface area contributed by atoms with Crippen LogP contribution in [0.2, 0.25) is 0 Å². The summed E-state index contributed by atoms with van der Waals surface area (Å²) in [5, 5.41) is 2.94. The van der Waals surface area contributed by atoms with E-state index in [1.54, 1.807) is 24.1 Å². The van der Waals surface area contributed by atoms with Crippen LogP contribution in [-0.2, 0) is 4.79 Å². The molecule has 0 saturated carbocycles. The standard InChI is InChI=1S/C19H27BrN2O4/c1-4-8-21-18(23)13-6-9-22(10-7-13)19(24)14-11-15(20)17(26-5-2)16(12-14)25-3/h11-13H,4-10H2,1-3H3,(H,21,23). The predicted octanol–water partition coefficient (Wildman–Crippen LogP) is 3.23. The molecule has 1 aliphatic rings. The summed E-state index contributed by atoms with van der Waals surface area (Å²) in [6.07, 6.45) is 2.31. The molecule has 26 heavy (non-hydrogen) atoms. The fraction of sp³-hybridized carbons (Fsp3) is 0.579. The van der Waals surface area contributed by atoms with Gasteiger partial charge in [-0.25, -0.2) is 0 Å². The molecule has 0 radical (unpaired) electrons. The molecule has 2 rings (SSSR count). The van der Waals surface area contributed by atoms with Gasteiger partial charge < -0.3 is 19.7 Å². The Morgan fingerprint density at radius 3 is 2.54 bits per heavy atom. The van der Waals surface area contributed by atoms with E-state index >= 15 is 0 Å². The number of amides is 2. The Balaban J connectivity index is 2.04. The number of carbonyl (C=O) groups excluding carboxylic acids is 2. The minimum absolute atomic E-state index is 0.00722. The lowest BCUT2D eigenvalue weighted by molar-refractivity contribution is -0.126. The second-order valence-corrected chi connectivity index (χ2v) is 7.13. The van der Waals surface area contributed by atoms with Gasteiger partial charge in [0.25, 0.3) is 5.91 Å². The highest BCUT2D eigenvalue weighted by atomic mass is 79.9. The van der Waals surface area contributed by atoms with Gasteiger partial charge in [-0.2, -0.15) is 0 Å². The topological polar surface area (TPSA) is 67.9 Å². The van der Waals surface area contributed by atoms with E-state index in [1.165, 1.54) is 0 Å². The number of nitrogens with one attached hydrogen (secondary N) is 1. The van der Waals surface area contributed by atoms with Crippen molar-refractivity contribution in [3.63, 3.8) is 0 Å². The maximum atomic E-state index is 12.8. The number of benzene rings is 1. The molecule has 0 aromatic heterocycles. The van der Waals surface area contributed by atoms with Gasteiger partial charge in [-0.3, -0.25) is 9.59 Å². The molecule has 1 heterocycles. The molecule has 144 valence electrons. The first kappa shape index (κ1) is 20.6. The Morgan fingerprint density at radius 1 is 1.27 bits per heavy atom. The summed E-state index contributed by atoms with van der Waals surface area (Å²) in [6, 6.07) is 3.47. The van der Waals surface area contributed by atoms with Gasteiger partial charge in [-0.05, 0) is 54.2 Å². The summed E-state index contributed by atoms with van der Waals surface area (Å²) in [5.41, 5.74) is 0.547. The van der Waals surface area contributed by atoms with Crippen molar-refractivity contribution < 1.29 is 19.1 Å². The lowest BCUT2D eigenvalue weighted by Gasteiger charge is -2.31. The predicted molar refractivity (Wildman–Crippen MR) is 104 cm³/mol. The highest BCUT2D eigenvalue weighted by Crippen LogP contribution is 2.37. The molecule has 1 N–H and O–H groups in total. The van der Waals surface area contributed by atoms with Crippen molar-refractivity contribution in [3.05, 3.63) is 22.2 Å². The first-order chi connectivity index (χ1) is 12.5. The van der Waals surface area contributed by atoms with E-state index in [-0.39, 0.29) is 17.7 Å². The minimum atomic E-state index is -0.0561. The molecule has 2 amide bonds. The van der Waals surface area contributed by atoms with Gasteiger partial charge in [0.2, 0.25) is 5.91 Å². The summed E-state index contributed by atoms with van der Waals surface area (Å²) in [5.74, 6) is 1.16. The van der Waals surface area contributed by atoms with Gasteiger partial charge in [-0.15, -0.1) is 0 Å². The fourth-order valence-electron chi connectivity index (χ4n) is 3.05. The van der Waals surface area contributed by atoms with Gasteiger partial charge in [0, 0.05) is 31.1 Å². The number of hydrogen-bond acceptors (Lipinski definition) is 4. The first-order valence-corrected chi connectivity index (χ1v) is 9.88. The average molecular weight is 427 g/mol. The van der Waals surface area contributed by atoms with Crippen molar-refractivity contribution in [2.75, 3.05) is 33.4 Å². The van der Waals surface area contributed by atoms with Crippen LogP contribution in [0.25, 0.3) is 0 Å². The second kappa shape index (κ2) is 9.80. The minimum Gasteiger partial charge on any atom is -0.493 e. The van der Waals surface area contributed by atoms with Crippen LogP contribution in [0.3, 0.4) is 0 Å². The van der Waals surface area contributed by atoms with Crippen LogP contribution in [0.4, 0.5) is 0 Å². The highest BCUT2D eigenvalue weighted by Gasteiger charge is 2.28. The van der Waals surface area contributed by atoms with E-state index in [0.717, 1.165) is 6.42 Å². The largest absolute Gasteiger partial charge is 0.493 e. The van der Waals surface area contributed by atoms with E-state index in [1.807, 2.05) is 13.8 Å². The van der Waals surface area contributed by atoms with Crippen molar-refractivity contribution in [1.29, 1.82) is 0 Å². The molecule has 0 unspecified atom stereocenters. The summed E-state index contributed by atoms with van der Waals surface area (Å²) < 4.78 is 11.6. The van der Waals surface area contributed by atoms with Crippen LogP contribution in [0, 0.1) is 5.92 Å². The Morgan fingerprint density at radius 2 is 1.96 bits per heavy atom. The number of hydrogen-bond donors (Lipinski definition) is 1. The molecule has 1 aliphatic heterocycles. The number of rotatable bonds is 7. The molecular formula is C19H27BrN2O4. The Hall–Kier alpha value is -1.76. The van der Waals surface area contributed by atoms with Gasteiger partial charge in [0.05, 0.1) is 18.2 Å². The zero-order valence-corrected chi connectivity index (χ0v) is 17.2. The van der Waals surface area contributed by atoms with E-state index < -0.39 is 0 Å². The molecule has 7 heteroatoms. The van der Waals surface area contributed by atoms with E-state index in [2.05, 4.69) is 21.2 Å². The molecule has 0 atom stereocenters. The number of ether oxygens (including phenoxy) is 2. The van der Waals surface area contributed by atoms with Crippen LogP contribution in [0.1, 0.15) is 43.5 Å². The number of halogens is 1. The molecule has 1 fully saturated rings. The average Bonchev–Trinajstić information content (AvgIpc) is 2.67. The summed E-state index contributed by atoms with van der Waals surface area (Å²) in [7, 11) is 1.55. The van der Waals surface area contributed by atoms with Crippen LogP contribution in [0.15, 0.2) is 16.6 Å². The molecule has 0 aliphatic carbocycles. The monoisotopic (exact) mass is 426 g/mol. The lowest BCUT2D eigenvalue weighted by Crippen LogP contribution is -2.43. The van der Waals surface area contributed by atoms with Crippen LogP contribution in [-0.4, -0.2) is 50.1 Å². The van der Waals surface area contributed by atoms with Crippen molar-refractivity contribution in [2.45, 2.75) is 33.1 Å². The van der Waals surface area contributed by atoms with Crippen molar-refractivity contribution in [3.8, 4) is 11.5 Å². The van der Waals surface area contributed by atoms with Gasteiger partial charge in [-0.1, -0.05) is 6.92 Å². The summed E-state index contributed by atoms with van der Waals surface area (Å²) in [6.45, 7) is 6.30. The molecule has 6 nitrogen and oxygen atoms in total. The first-order valence-electron chi connectivity index (χ1n) is 9.09. The highest BCUT2D eigenvalue weighted by molar-refractivity contribution is 9.10. The van der Waals surface area contributed by atoms with Crippen molar-refractivity contribution >= 4 is 27.7 Å². The van der Waals surface area contributed by atoms with Gasteiger partial charge in [0.1, 0.15) is 0 Å². The third kappa shape index (κ3) is 4.90. The Labute approximate surface area is 163 Å². The van der Waals surface area contributed by atoms with Crippen LogP contribution in [0.5, 0.6) is 11.5 Å². The zero-order valence-electron chi connectivity index (χ0n) is 15.6. The molecule has 0 spiro atoms. The number of methoxy groups -OCH3 is 1. The quantitative estimate of drug-likeness (QED) is 0.726. The second-order valence-electron chi connectivity index (χ2n) is 6.28. The maximum absolute atomic E-state index is 12.8. The third-order valence-electron chi connectivity index (χ3n) is 4.47. The molecular weight excluding hydrogens is 400 g/mol. The van der Waals surface area contributed by atoms with Crippen molar-refractivity contribution in [1.82, 2.24) is 10.2 Å². The summed E-state index contributed by atoms with van der Waals surface area (Å²) in [4.78, 5) is 26.7. The van der Waals surface area contributed by atoms with E-state index in [9.17, 15) is 9.59 Å². The van der Waals surface area contributed by atoms with E-state index in [0.29, 0.717) is 60.6 Å². The zero-order chi connectivity index (χ0) is 19.1. The summed E-state index contributed by atoms with van der Waals surface area (Å²) >= 11 is 3.46. The Bertz CT molecular complexity index is 643. The smallest absolute Gasteiger partial charge is 0.254 e. The fourth-order valence-corrected chi connectivity index (χ4v) is 3.60. The number of nitrogens with zero attached hydrogens (tertiary/aromatic N) is 1. The normalized spacial score (nSPS) is 14.8. The molecule has 1 saturated heterocycles. The van der Waals surface area contributed by atoms with Crippen molar-refractivity contribution in [2.24, 2.45) is 5.92 Å². The number of piperidine rings is 1.